The quantitative estimate of drug-likeness (QED) is 0.358. The molecule has 6 amide bonds. The van der Waals surface area contributed by atoms with Crippen LogP contribution in [0, 0.1) is 12.8 Å². The van der Waals surface area contributed by atoms with Crippen LogP contribution in [0.1, 0.15) is 76.0 Å². The zero-order valence-corrected chi connectivity index (χ0v) is 33.8. The van der Waals surface area contributed by atoms with Crippen LogP contribution in [0.2, 0.25) is 5.02 Å². The summed E-state index contributed by atoms with van der Waals surface area (Å²) in [4.78, 5) is 103. The number of ether oxygens (including phenoxy) is 1. The van der Waals surface area contributed by atoms with Crippen molar-refractivity contribution in [1.29, 1.82) is 0 Å². The Morgan fingerprint density at radius 1 is 0.842 bits per heavy atom. The molecule has 0 aromatic heterocycles. The van der Waals surface area contributed by atoms with Crippen LogP contribution in [0.4, 0.5) is 0 Å². The Hall–Kier alpha value is -4.98. The van der Waals surface area contributed by atoms with Gasteiger partial charge in [-0.2, -0.15) is 0 Å². The highest BCUT2D eigenvalue weighted by Gasteiger charge is 2.47. The van der Waals surface area contributed by atoms with Crippen LogP contribution in [0.25, 0.3) is 0 Å². The Morgan fingerprint density at radius 2 is 1.54 bits per heavy atom. The fraction of sp³-hybridized carbons (Fsp3) is 0.548. The number of nitrogens with one attached hydrogen (secondary N) is 3. The highest BCUT2D eigenvalue weighted by Crippen LogP contribution is 2.29. The summed E-state index contributed by atoms with van der Waals surface area (Å²) < 4.78 is 5.97. The molecule has 4 fully saturated rings. The van der Waals surface area contributed by atoms with Crippen molar-refractivity contribution < 1.29 is 38.3 Å². The number of benzene rings is 2. The number of aryl methyl sites for hydroxylation is 1. The molecule has 0 unspecified atom stereocenters. The first kappa shape index (κ1) is 41.6. The topological polar surface area (TPSA) is 175 Å². The van der Waals surface area contributed by atoms with Crippen LogP contribution in [0.3, 0.4) is 0 Å². The number of carbonyl (C=O) groups is 7. The molecule has 3 N–H and O–H groups in total. The Kier molecular flexibility index (Phi) is 13.2. The number of esters is 1. The summed E-state index contributed by atoms with van der Waals surface area (Å²) >= 11 is 6.16. The Bertz CT molecular complexity index is 1890. The second kappa shape index (κ2) is 18.1. The van der Waals surface area contributed by atoms with Crippen molar-refractivity contribution >= 4 is 53.0 Å². The maximum absolute atomic E-state index is 14.7. The smallest absolute Gasteiger partial charge is 0.329 e. The zero-order valence-electron chi connectivity index (χ0n) is 33.0. The van der Waals surface area contributed by atoms with Gasteiger partial charge in [-0.25, -0.2) is 4.79 Å². The molecule has 0 bridgehead atoms. The Labute approximate surface area is 338 Å². The number of piperidine rings is 1. The van der Waals surface area contributed by atoms with Gasteiger partial charge in [0.1, 0.15) is 42.4 Å². The molecule has 8 atom stereocenters. The minimum Gasteiger partial charge on any atom is -0.458 e. The molecular weight excluding hydrogens is 752 g/mol. The molecule has 4 aliphatic rings. The summed E-state index contributed by atoms with van der Waals surface area (Å²) in [6.45, 7) is 7.66. The summed E-state index contributed by atoms with van der Waals surface area (Å²) in [5, 5.41) is 8.92. The molecule has 4 heterocycles. The first-order chi connectivity index (χ1) is 27.2. The third-order valence-corrected chi connectivity index (χ3v) is 11.7. The molecule has 2 aromatic carbocycles. The van der Waals surface area contributed by atoms with E-state index in [1.54, 1.807) is 31.2 Å². The number of amides is 6. The SMILES string of the molecule is Cc1cccc(C[C@H](NC(=O)Cc2cccc(Cl)c2)C(=O)N[C@@H]2C(=O)N3CCC[C@H]3C(=O)N3CCCC[C@H]3C(=O)N[C@@H](C)C(=O)N3C[C@H](C)C[C@H]3C(=O)O[C@H]2C)c1. The monoisotopic (exact) mass is 804 g/mol. The van der Waals surface area contributed by atoms with Crippen molar-refractivity contribution in [1.82, 2.24) is 30.7 Å². The lowest BCUT2D eigenvalue weighted by Crippen LogP contribution is -2.63. The first-order valence-electron chi connectivity index (χ1n) is 20.0. The predicted molar refractivity (Wildman–Crippen MR) is 210 cm³/mol. The van der Waals surface area contributed by atoms with Gasteiger partial charge in [0, 0.05) is 31.1 Å². The number of rotatable bonds is 7. The van der Waals surface area contributed by atoms with E-state index in [4.69, 9.17) is 16.3 Å². The normalized spacial score (nSPS) is 27.8. The van der Waals surface area contributed by atoms with Crippen LogP contribution in [0.5, 0.6) is 0 Å². The van der Waals surface area contributed by atoms with Crippen molar-refractivity contribution in [3.05, 3.63) is 70.2 Å². The van der Waals surface area contributed by atoms with Crippen LogP contribution in [-0.2, 0) is 51.1 Å². The summed E-state index contributed by atoms with van der Waals surface area (Å²) in [5.74, 6) is -3.90. The van der Waals surface area contributed by atoms with Crippen molar-refractivity contribution in [3.8, 4) is 0 Å². The summed E-state index contributed by atoms with van der Waals surface area (Å²) in [6, 6.07) is 8.00. The highest BCUT2D eigenvalue weighted by molar-refractivity contribution is 6.30. The number of hydrogen-bond acceptors (Lipinski definition) is 8. The molecular formula is C42H53ClN6O8. The van der Waals surface area contributed by atoms with Gasteiger partial charge in [0.15, 0.2) is 0 Å². The summed E-state index contributed by atoms with van der Waals surface area (Å²) in [6.07, 6.45) is 1.70. The largest absolute Gasteiger partial charge is 0.458 e. The number of halogens is 1. The van der Waals surface area contributed by atoms with E-state index in [9.17, 15) is 33.6 Å². The first-order valence-corrected chi connectivity index (χ1v) is 20.4. The van der Waals surface area contributed by atoms with Crippen LogP contribution >= 0.6 is 11.6 Å². The molecule has 2 aromatic rings. The van der Waals surface area contributed by atoms with Crippen molar-refractivity contribution in [2.45, 2.75) is 121 Å². The summed E-state index contributed by atoms with van der Waals surface area (Å²) in [5.41, 5.74) is 2.36. The maximum Gasteiger partial charge on any atom is 0.329 e. The molecule has 0 spiro atoms. The minimum atomic E-state index is -1.46. The average molecular weight is 805 g/mol. The van der Waals surface area contributed by atoms with Gasteiger partial charge < -0.3 is 35.4 Å². The second-order valence-corrected chi connectivity index (χ2v) is 16.5. The molecule has 0 radical (unpaired) electrons. The van der Waals surface area contributed by atoms with Crippen molar-refractivity contribution in [2.75, 3.05) is 19.6 Å². The van der Waals surface area contributed by atoms with Crippen molar-refractivity contribution in [2.24, 2.45) is 5.92 Å². The Balaban J connectivity index is 1.33. The number of carbonyl (C=O) groups excluding carboxylic acids is 7. The number of hydrogen-bond donors (Lipinski definition) is 3. The third kappa shape index (κ3) is 9.77. The molecule has 4 saturated heterocycles. The predicted octanol–water partition coefficient (Wildman–Crippen LogP) is 2.46. The third-order valence-electron chi connectivity index (χ3n) is 11.5. The fourth-order valence-corrected chi connectivity index (χ4v) is 8.80. The van der Waals surface area contributed by atoms with Gasteiger partial charge in [0.25, 0.3) is 0 Å². The van der Waals surface area contributed by atoms with Gasteiger partial charge in [-0.3, -0.25) is 28.8 Å². The van der Waals surface area contributed by atoms with E-state index >= 15 is 0 Å². The lowest BCUT2D eigenvalue weighted by Gasteiger charge is -2.39. The average Bonchev–Trinajstić information content (AvgIpc) is 3.82. The van der Waals surface area contributed by atoms with Gasteiger partial charge in [0.05, 0.1) is 6.42 Å². The van der Waals surface area contributed by atoms with E-state index < -0.39 is 77.9 Å². The number of nitrogens with zero attached hydrogens (tertiary/aromatic N) is 3. The van der Waals surface area contributed by atoms with Crippen molar-refractivity contribution in [3.63, 3.8) is 0 Å². The van der Waals surface area contributed by atoms with E-state index in [1.165, 1.54) is 21.6 Å². The van der Waals surface area contributed by atoms with E-state index in [-0.39, 0.29) is 37.8 Å². The molecule has 0 saturated carbocycles. The van der Waals surface area contributed by atoms with Crippen LogP contribution in [-0.4, -0.2) is 118 Å². The molecule has 4 aliphatic heterocycles. The number of fused-ring (bicyclic) bond motifs is 3. The number of cyclic esters (lactones) is 1. The maximum atomic E-state index is 14.7. The minimum absolute atomic E-state index is 0.0568. The Morgan fingerprint density at radius 3 is 2.30 bits per heavy atom. The molecule has 306 valence electrons. The van der Waals surface area contributed by atoms with Gasteiger partial charge in [-0.05, 0) is 88.5 Å². The van der Waals surface area contributed by atoms with Gasteiger partial charge in [0.2, 0.25) is 35.4 Å². The highest BCUT2D eigenvalue weighted by atomic mass is 35.5. The molecule has 57 heavy (non-hydrogen) atoms. The van der Waals surface area contributed by atoms with Gasteiger partial charge >= 0.3 is 5.97 Å². The fourth-order valence-electron chi connectivity index (χ4n) is 8.58. The molecule has 14 nitrogen and oxygen atoms in total. The van der Waals surface area contributed by atoms with Gasteiger partial charge in [-0.1, -0.05) is 60.5 Å². The molecule has 15 heteroatoms. The van der Waals surface area contributed by atoms with Crippen LogP contribution in [0.15, 0.2) is 48.5 Å². The molecule has 0 aliphatic carbocycles. The lowest BCUT2D eigenvalue weighted by molar-refractivity contribution is -0.163. The van der Waals surface area contributed by atoms with E-state index in [0.29, 0.717) is 55.7 Å². The zero-order chi connectivity index (χ0) is 41.0. The van der Waals surface area contributed by atoms with E-state index in [0.717, 1.165) is 11.1 Å². The lowest BCUT2D eigenvalue weighted by atomic mass is 9.99. The molecule has 6 rings (SSSR count). The van der Waals surface area contributed by atoms with E-state index in [1.807, 2.05) is 38.1 Å². The van der Waals surface area contributed by atoms with E-state index in [2.05, 4.69) is 16.0 Å². The standard InChI is InChI=1S/C42H53ClN6O8/c1-24-10-7-11-28(18-24)21-31(45-35(50)22-29-12-8-13-30(43)20-29)37(51)46-36-27(4)57-42(56)34-19-25(2)23-49(34)39(53)26(3)44-38(52)32-14-5-6-16-47(32)40(54)33-15-9-17-48(33)41(36)55/h7-8,10-13,18,20,25-27,31-34,36H,5-6,9,14-17,19,21-23H2,1-4H3,(H,44,52)(H,45,50)(H,46,51)/t25-,26+,27+,31+,32+,33+,34+,36+/m1/s1. The van der Waals surface area contributed by atoms with Gasteiger partial charge in [-0.15, -0.1) is 0 Å². The summed E-state index contributed by atoms with van der Waals surface area (Å²) in [7, 11) is 0. The second-order valence-electron chi connectivity index (χ2n) is 16.1. The van der Waals surface area contributed by atoms with Crippen LogP contribution < -0.4 is 16.0 Å².